The van der Waals surface area contributed by atoms with Crippen molar-refractivity contribution in [2.45, 2.75) is 157 Å². The van der Waals surface area contributed by atoms with Gasteiger partial charge in [0.2, 0.25) is 0 Å². The molecule has 0 bridgehead atoms. The fourth-order valence-corrected chi connectivity index (χ4v) is 0.408. The lowest BCUT2D eigenvalue weighted by atomic mass is 10.3. The van der Waals surface area contributed by atoms with Gasteiger partial charge in [0, 0.05) is 0 Å². The predicted octanol–water partition coefficient (Wildman–Crippen LogP) is 12.9. The second-order valence-corrected chi connectivity index (χ2v) is 6.09. The van der Waals surface area contributed by atoms with Gasteiger partial charge in [-0.05, 0) is 39.5 Å². The van der Waals surface area contributed by atoms with Crippen LogP contribution >= 0.6 is 0 Å². The highest BCUT2D eigenvalue weighted by atomic mass is 19.1. The maximum Gasteiger partial charge on any atom is 0.0866 e. The monoisotopic (exact) mass is 439 g/mol. The average Bonchev–Trinajstić information content (AvgIpc) is 2.73. The molecule has 194 valence electrons. The molecule has 0 aromatic heterocycles. The molecule has 0 N–H and O–H groups in total. The minimum absolute atomic E-state index is 0.250. The highest BCUT2D eigenvalue weighted by molar-refractivity contribution is 4.91. The number of hydrogen-bond donors (Lipinski definition) is 0. The van der Waals surface area contributed by atoms with E-state index in [9.17, 15) is 4.39 Å². The lowest BCUT2D eigenvalue weighted by Gasteiger charge is -1.80. The van der Waals surface area contributed by atoms with Crippen LogP contribution in [-0.4, -0.2) is 6.67 Å². The van der Waals surface area contributed by atoms with E-state index >= 15 is 0 Å². The van der Waals surface area contributed by atoms with Crippen LogP contribution in [0.25, 0.3) is 0 Å². The molecule has 0 rings (SSSR count). The smallest absolute Gasteiger partial charge is 0.0866 e. The van der Waals surface area contributed by atoms with Crippen molar-refractivity contribution in [3.8, 4) is 0 Å². The zero-order chi connectivity index (χ0) is 26.8. The summed E-state index contributed by atoms with van der Waals surface area (Å²) in [6.07, 6.45) is 10.2. The Bertz CT molecular complexity index is 158. The zero-order valence-corrected chi connectivity index (χ0v) is 25.6. The molecular formula is C29H71F. The summed E-state index contributed by atoms with van der Waals surface area (Å²) in [6.45, 7) is 40.2. The summed E-state index contributed by atoms with van der Waals surface area (Å²) in [5.74, 6) is 0.833. The summed E-state index contributed by atoms with van der Waals surface area (Å²) in [6, 6.07) is 0. The van der Waals surface area contributed by atoms with E-state index in [4.69, 9.17) is 0 Å². The molecule has 0 fully saturated rings. The fraction of sp³-hybridized carbons (Fsp3) is 0.862. The average molecular weight is 439 g/mol. The first-order chi connectivity index (χ1) is 14.2. The summed E-state index contributed by atoms with van der Waals surface area (Å²) in [7, 11) is 0. The van der Waals surface area contributed by atoms with Gasteiger partial charge in [0.25, 0.3) is 0 Å². The summed E-state index contributed by atoms with van der Waals surface area (Å²) in [4.78, 5) is 0. The zero-order valence-electron chi connectivity index (χ0n) is 25.6. The summed E-state index contributed by atoms with van der Waals surface area (Å²) in [5.41, 5.74) is 1.41. The molecule has 0 nitrogen and oxygen atoms in total. The van der Waals surface area contributed by atoms with Crippen LogP contribution < -0.4 is 0 Å². The molecule has 1 heteroatoms. The Hall–Kier alpha value is -0.590. The van der Waals surface area contributed by atoms with Crippen LogP contribution in [0.3, 0.4) is 0 Å². The Morgan fingerprint density at radius 1 is 0.700 bits per heavy atom. The van der Waals surface area contributed by atoms with Crippen LogP contribution in [0.2, 0.25) is 0 Å². The summed E-state index contributed by atoms with van der Waals surface area (Å²) in [5, 5.41) is 0. The van der Waals surface area contributed by atoms with E-state index in [0.29, 0.717) is 0 Å². The van der Waals surface area contributed by atoms with Gasteiger partial charge < -0.3 is 0 Å². The van der Waals surface area contributed by atoms with Crippen molar-refractivity contribution in [3.05, 3.63) is 24.3 Å². The van der Waals surface area contributed by atoms with Gasteiger partial charge in [-0.3, -0.25) is 4.39 Å². The van der Waals surface area contributed by atoms with E-state index in [1.165, 1.54) is 38.2 Å². The lowest BCUT2D eigenvalue weighted by Crippen LogP contribution is -1.66. The standard InChI is InChI=1S/C6H12.2C4H10.C4H8.C3H8.C2H5F.3C2H6/c1-4-5-6(2)3;1-4(2)3;2*1-3-4-2;1-3-2;1-2-3;3*1-2/h5H,4H2,1-3H3;4H,1-3H3;3-4H2,1-2H3;3H,1,4H2,2H3;3H2,1-2H3;2H2,1H3;3*1-2H3. The van der Waals surface area contributed by atoms with Crippen molar-refractivity contribution in [1.82, 2.24) is 0 Å². The molecule has 0 atom stereocenters. The maximum atomic E-state index is 10.3. The second-order valence-electron chi connectivity index (χ2n) is 6.09. The number of alkyl halides is 1. The minimum Gasteiger partial charge on any atom is -0.251 e. The molecule has 0 aliphatic rings. The largest absolute Gasteiger partial charge is 0.251 e. The van der Waals surface area contributed by atoms with Crippen LogP contribution in [0, 0.1) is 5.92 Å². The predicted molar refractivity (Wildman–Crippen MR) is 153 cm³/mol. The van der Waals surface area contributed by atoms with Crippen molar-refractivity contribution in [3.63, 3.8) is 0 Å². The molecule has 0 amide bonds. The molecule has 0 saturated carbocycles. The first-order valence-corrected chi connectivity index (χ1v) is 13.0. The van der Waals surface area contributed by atoms with Crippen molar-refractivity contribution in [2.24, 2.45) is 5.92 Å². The van der Waals surface area contributed by atoms with Crippen molar-refractivity contribution in [1.29, 1.82) is 0 Å². The number of unbranched alkanes of at least 4 members (excludes halogenated alkanes) is 1. The van der Waals surface area contributed by atoms with Gasteiger partial charge in [-0.2, -0.15) is 0 Å². The van der Waals surface area contributed by atoms with Crippen LogP contribution in [0.5, 0.6) is 0 Å². The third-order valence-corrected chi connectivity index (χ3v) is 1.40. The molecule has 0 aliphatic heterocycles. The van der Waals surface area contributed by atoms with Gasteiger partial charge in [0.15, 0.2) is 0 Å². The quantitative estimate of drug-likeness (QED) is 0.384. The lowest BCUT2D eigenvalue weighted by molar-refractivity contribution is 0.527. The Balaban J connectivity index is -0.0000000243. The van der Waals surface area contributed by atoms with Gasteiger partial charge in [0.1, 0.15) is 0 Å². The fourth-order valence-electron chi connectivity index (χ4n) is 0.408. The molecule has 0 heterocycles. The molecular weight excluding hydrogens is 367 g/mol. The molecule has 0 aromatic carbocycles. The van der Waals surface area contributed by atoms with Crippen molar-refractivity contribution in [2.75, 3.05) is 6.67 Å². The summed E-state index contributed by atoms with van der Waals surface area (Å²) < 4.78 is 10.3. The number of allylic oxidation sites excluding steroid dienone is 3. The highest BCUT2D eigenvalue weighted by Gasteiger charge is 1.68. The molecule has 0 aliphatic carbocycles. The van der Waals surface area contributed by atoms with Gasteiger partial charge in [0.05, 0.1) is 6.67 Å². The first-order valence-electron chi connectivity index (χ1n) is 13.0. The van der Waals surface area contributed by atoms with Crippen LogP contribution in [-0.2, 0) is 0 Å². The number of hydrogen-bond acceptors (Lipinski definition) is 0. The topological polar surface area (TPSA) is 0 Å². The normalized spacial score (nSPS) is 6.40. The SMILES string of the molecule is C=CCC.CC.CC.CC.CC(C)C.CCC.CCC=C(C)C.CCCC.CCF. The molecule has 0 unspecified atom stereocenters. The van der Waals surface area contributed by atoms with Gasteiger partial charge in [-0.1, -0.05) is 141 Å². The molecule has 30 heavy (non-hydrogen) atoms. The van der Waals surface area contributed by atoms with Gasteiger partial charge in [-0.25, -0.2) is 0 Å². The van der Waals surface area contributed by atoms with E-state index in [-0.39, 0.29) is 6.67 Å². The van der Waals surface area contributed by atoms with Gasteiger partial charge >= 0.3 is 0 Å². The maximum absolute atomic E-state index is 10.3. The van der Waals surface area contributed by atoms with E-state index < -0.39 is 0 Å². The van der Waals surface area contributed by atoms with E-state index in [0.717, 1.165) is 12.3 Å². The first kappa shape index (κ1) is 57.0. The minimum atomic E-state index is -0.250. The van der Waals surface area contributed by atoms with E-state index in [2.05, 4.69) is 88.8 Å². The summed E-state index contributed by atoms with van der Waals surface area (Å²) >= 11 is 0. The Labute approximate surface area is 198 Å². The number of rotatable bonds is 3. The third kappa shape index (κ3) is 983. The molecule has 0 aromatic rings. The number of halogens is 1. The highest BCUT2D eigenvalue weighted by Crippen LogP contribution is 1.89. The van der Waals surface area contributed by atoms with Crippen LogP contribution in [0.15, 0.2) is 24.3 Å². The van der Waals surface area contributed by atoms with Crippen LogP contribution in [0.1, 0.15) is 157 Å². The Morgan fingerprint density at radius 2 is 0.867 bits per heavy atom. The second kappa shape index (κ2) is 119. The molecule has 0 saturated heterocycles. The van der Waals surface area contributed by atoms with Crippen molar-refractivity contribution < 1.29 is 4.39 Å². The van der Waals surface area contributed by atoms with E-state index in [1.807, 2.05) is 47.6 Å². The Kier molecular flexibility index (Phi) is 225. The molecule has 0 spiro atoms. The molecule has 0 radical (unpaired) electrons. The third-order valence-electron chi connectivity index (χ3n) is 1.40. The van der Waals surface area contributed by atoms with Crippen LogP contribution in [0.4, 0.5) is 4.39 Å². The van der Waals surface area contributed by atoms with E-state index in [1.54, 1.807) is 0 Å². The van der Waals surface area contributed by atoms with Gasteiger partial charge in [-0.15, -0.1) is 6.58 Å². The Morgan fingerprint density at radius 3 is 0.867 bits per heavy atom. The van der Waals surface area contributed by atoms with Crippen molar-refractivity contribution >= 4 is 0 Å².